The van der Waals surface area contributed by atoms with Crippen LogP contribution in [0.1, 0.15) is 20.3 Å². The number of nitrogens with two attached hydrogens (primary N) is 1. The summed E-state index contributed by atoms with van der Waals surface area (Å²) in [6.45, 7) is 4.33. The maximum absolute atomic E-state index is 5.89. The van der Waals surface area contributed by atoms with E-state index in [1.165, 1.54) is 0 Å². The van der Waals surface area contributed by atoms with Crippen molar-refractivity contribution in [2.75, 3.05) is 17.7 Å². The van der Waals surface area contributed by atoms with Gasteiger partial charge in [-0.1, -0.05) is 18.5 Å². The fourth-order valence-electron chi connectivity index (χ4n) is 1.36. The molecule has 1 aromatic carbocycles. The van der Waals surface area contributed by atoms with E-state index in [2.05, 4.69) is 18.7 Å². The summed E-state index contributed by atoms with van der Waals surface area (Å²) in [5, 5.41) is 0.684. The van der Waals surface area contributed by atoms with Crippen molar-refractivity contribution in [3.05, 3.63) is 23.2 Å². The zero-order valence-corrected chi connectivity index (χ0v) is 9.67. The SMILES string of the molecule is CCC(C)N(C)c1ccc(Cl)cc1N. The van der Waals surface area contributed by atoms with Crippen molar-refractivity contribution in [2.24, 2.45) is 0 Å². The fraction of sp³-hybridized carbons (Fsp3) is 0.455. The zero-order valence-electron chi connectivity index (χ0n) is 8.92. The van der Waals surface area contributed by atoms with Gasteiger partial charge in [0.1, 0.15) is 0 Å². The first kappa shape index (κ1) is 11.2. The quantitative estimate of drug-likeness (QED) is 0.780. The predicted molar refractivity (Wildman–Crippen MR) is 64.0 cm³/mol. The molecule has 0 amide bonds. The van der Waals surface area contributed by atoms with Crippen molar-refractivity contribution < 1.29 is 0 Å². The van der Waals surface area contributed by atoms with Crippen molar-refractivity contribution in [1.29, 1.82) is 0 Å². The van der Waals surface area contributed by atoms with Gasteiger partial charge in [0.05, 0.1) is 11.4 Å². The molecule has 14 heavy (non-hydrogen) atoms. The lowest BCUT2D eigenvalue weighted by molar-refractivity contribution is 0.664. The van der Waals surface area contributed by atoms with E-state index in [-0.39, 0.29) is 0 Å². The first-order chi connectivity index (χ1) is 6.56. The molecular weight excluding hydrogens is 196 g/mol. The molecule has 0 saturated carbocycles. The summed E-state index contributed by atoms with van der Waals surface area (Å²) in [6.07, 6.45) is 1.10. The van der Waals surface area contributed by atoms with Crippen LogP contribution < -0.4 is 10.6 Å². The van der Waals surface area contributed by atoms with E-state index in [1.807, 2.05) is 19.2 Å². The van der Waals surface area contributed by atoms with E-state index >= 15 is 0 Å². The Bertz CT molecular complexity index is 312. The van der Waals surface area contributed by atoms with Gasteiger partial charge in [-0.05, 0) is 31.5 Å². The third-order valence-corrected chi connectivity index (χ3v) is 2.86. The molecule has 2 nitrogen and oxygen atoms in total. The standard InChI is InChI=1S/C11H17ClN2/c1-4-8(2)14(3)11-6-5-9(12)7-10(11)13/h5-8H,4,13H2,1-3H3. The number of benzene rings is 1. The van der Waals surface area contributed by atoms with Gasteiger partial charge in [-0.2, -0.15) is 0 Å². The Morgan fingerprint density at radius 1 is 1.50 bits per heavy atom. The van der Waals surface area contributed by atoms with Crippen molar-refractivity contribution in [2.45, 2.75) is 26.3 Å². The Labute approximate surface area is 90.7 Å². The number of anilines is 2. The van der Waals surface area contributed by atoms with Gasteiger partial charge in [0.2, 0.25) is 0 Å². The molecule has 78 valence electrons. The Kier molecular flexibility index (Phi) is 3.64. The monoisotopic (exact) mass is 212 g/mol. The van der Waals surface area contributed by atoms with Crippen LogP contribution in [0.5, 0.6) is 0 Å². The van der Waals surface area contributed by atoms with Crippen LogP contribution in [0.4, 0.5) is 11.4 Å². The predicted octanol–water partition coefficient (Wildman–Crippen LogP) is 3.16. The maximum Gasteiger partial charge on any atom is 0.0600 e. The largest absolute Gasteiger partial charge is 0.397 e. The van der Waals surface area contributed by atoms with E-state index in [4.69, 9.17) is 17.3 Å². The highest BCUT2D eigenvalue weighted by molar-refractivity contribution is 6.31. The molecule has 0 radical (unpaired) electrons. The topological polar surface area (TPSA) is 29.3 Å². The molecule has 0 aliphatic heterocycles. The number of halogens is 1. The van der Waals surface area contributed by atoms with Crippen LogP contribution >= 0.6 is 11.6 Å². The summed E-state index contributed by atoms with van der Waals surface area (Å²) in [5.41, 5.74) is 7.67. The highest BCUT2D eigenvalue weighted by atomic mass is 35.5. The summed E-state index contributed by atoms with van der Waals surface area (Å²) in [6, 6.07) is 6.10. The van der Waals surface area contributed by atoms with Crippen LogP contribution in [0.3, 0.4) is 0 Å². The summed E-state index contributed by atoms with van der Waals surface area (Å²) in [7, 11) is 2.05. The van der Waals surface area contributed by atoms with Gasteiger partial charge in [-0.3, -0.25) is 0 Å². The Morgan fingerprint density at radius 3 is 2.64 bits per heavy atom. The third kappa shape index (κ3) is 2.32. The van der Waals surface area contributed by atoms with Gasteiger partial charge in [-0.25, -0.2) is 0 Å². The molecule has 3 heteroatoms. The van der Waals surface area contributed by atoms with Crippen molar-refractivity contribution in [3.8, 4) is 0 Å². The van der Waals surface area contributed by atoms with E-state index in [0.29, 0.717) is 11.1 Å². The fourth-order valence-corrected chi connectivity index (χ4v) is 1.54. The normalized spacial score (nSPS) is 12.6. The van der Waals surface area contributed by atoms with E-state index in [0.717, 1.165) is 17.8 Å². The summed E-state index contributed by atoms with van der Waals surface area (Å²) in [4.78, 5) is 2.17. The van der Waals surface area contributed by atoms with Crippen LogP contribution in [0.25, 0.3) is 0 Å². The van der Waals surface area contributed by atoms with E-state index < -0.39 is 0 Å². The van der Waals surface area contributed by atoms with Crippen LogP contribution in [0.15, 0.2) is 18.2 Å². The molecule has 1 unspecified atom stereocenters. The van der Waals surface area contributed by atoms with Crippen LogP contribution in [0.2, 0.25) is 5.02 Å². The number of hydrogen-bond acceptors (Lipinski definition) is 2. The highest BCUT2D eigenvalue weighted by Crippen LogP contribution is 2.27. The molecule has 0 fully saturated rings. The minimum absolute atomic E-state index is 0.485. The van der Waals surface area contributed by atoms with Crippen molar-refractivity contribution in [3.63, 3.8) is 0 Å². The van der Waals surface area contributed by atoms with Crippen LogP contribution in [0, 0.1) is 0 Å². The van der Waals surface area contributed by atoms with Gasteiger partial charge >= 0.3 is 0 Å². The molecule has 1 atom stereocenters. The Morgan fingerprint density at radius 2 is 2.14 bits per heavy atom. The van der Waals surface area contributed by atoms with Crippen molar-refractivity contribution in [1.82, 2.24) is 0 Å². The third-order valence-electron chi connectivity index (χ3n) is 2.62. The molecule has 0 aromatic heterocycles. The van der Waals surface area contributed by atoms with Crippen LogP contribution in [-0.4, -0.2) is 13.1 Å². The molecule has 0 saturated heterocycles. The molecule has 0 aliphatic carbocycles. The summed E-state index contributed by atoms with van der Waals surface area (Å²) < 4.78 is 0. The first-order valence-corrected chi connectivity index (χ1v) is 5.22. The molecule has 0 spiro atoms. The minimum Gasteiger partial charge on any atom is -0.397 e. The van der Waals surface area contributed by atoms with Crippen LogP contribution in [-0.2, 0) is 0 Å². The molecular formula is C11H17ClN2. The second-order valence-corrected chi connectivity index (χ2v) is 4.01. The second-order valence-electron chi connectivity index (χ2n) is 3.57. The molecule has 2 N–H and O–H groups in total. The molecule has 0 heterocycles. The lowest BCUT2D eigenvalue weighted by atomic mass is 10.2. The molecule has 1 rings (SSSR count). The van der Waals surface area contributed by atoms with Crippen molar-refractivity contribution >= 4 is 23.0 Å². The number of nitrogens with zero attached hydrogens (tertiary/aromatic N) is 1. The van der Waals surface area contributed by atoms with Gasteiger partial charge in [0, 0.05) is 18.1 Å². The maximum atomic E-state index is 5.89. The lowest BCUT2D eigenvalue weighted by Gasteiger charge is -2.27. The Balaban J connectivity index is 2.95. The van der Waals surface area contributed by atoms with Gasteiger partial charge in [-0.15, -0.1) is 0 Å². The number of nitrogen functional groups attached to an aromatic ring is 1. The first-order valence-electron chi connectivity index (χ1n) is 4.84. The second kappa shape index (κ2) is 4.56. The van der Waals surface area contributed by atoms with Gasteiger partial charge < -0.3 is 10.6 Å². The lowest BCUT2D eigenvalue weighted by Crippen LogP contribution is -2.28. The smallest absolute Gasteiger partial charge is 0.0600 e. The Hall–Kier alpha value is -0.890. The van der Waals surface area contributed by atoms with Gasteiger partial charge in [0.15, 0.2) is 0 Å². The van der Waals surface area contributed by atoms with Gasteiger partial charge in [0.25, 0.3) is 0 Å². The van der Waals surface area contributed by atoms with E-state index in [9.17, 15) is 0 Å². The average Bonchev–Trinajstić information content (AvgIpc) is 2.15. The minimum atomic E-state index is 0.485. The number of rotatable bonds is 3. The number of hydrogen-bond donors (Lipinski definition) is 1. The van der Waals surface area contributed by atoms with E-state index in [1.54, 1.807) is 6.07 Å². The molecule has 1 aromatic rings. The molecule has 0 bridgehead atoms. The molecule has 0 aliphatic rings. The summed E-state index contributed by atoms with van der Waals surface area (Å²) in [5.74, 6) is 0. The highest BCUT2D eigenvalue weighted by Gasteiger charge is 2.10. The average molecular weight is 213 g/mol. The summed E-state index contributed by atoms with van der Waals surface area (Å²) >= 11 is 5.84. The zero-order chi connectivity index (χ0) is 10.7.